The van der Waals surface area contributed by atoms with Gasteiger partial charge in [-0.1, -0.05) is 13.3 Å². The van der Waals surface area contributed by atoms with Crippen LogP contribution in [0.1, 0.15) is 29.4 Å². The molecule has 2 unspecified atom stereocenters. The van der Waals surface area contributed by atoms with Gasteiger partial charge in [-0.05, 0) is 18.6 Å². The van der Waals surface area contributed by atoms with Gasteiger partial charge in [-0.25, -0.2) is 4.79 Å². The van der Waals surface area contributed by atoms with E-state index in [0.29, 0.717) is 16.6 Å². The molecule has 2 atom stereocenters. The Hall–Kier alpha value is -0.880. The van der Waals surface area contributed by atoms with Crippen LogP contribution in [0.3, 0.4) is 0 Å². The third-order valence-electron chi connectivity index (χ3n) is 3.24. The van der Waals surface area contributed by atoms with Crippen LogP contribution in [0, 0.1) is 5.92 Å². The maximum Gasteiger partial charge on any atom is 0.350 e. The smallest absolute Gasteiger partial charge is 0.350 e. The second kappa shape index (κ2) is 5.40. The molecule has 1 aromatic heterocycles. The molecule has 1 aliphatic rings. The number of ether oxygens (including phenoxy) is 1. The van der Waals surface area contributed by atoms with Crippen LogP contribution >= 0.6 is 23.1 Å². The fraction of sp³-hybridized carbons (Fsp3) is 0.583. The fourth-order valence-corrected chi connectivity index (χ4v) is 4.02. The van der Waals surface area contributed by atoms with E-state index in [4.69, 9.17) is 10.5 Å². The van der Waals surface area contributed by atoms with Crippen LogP contribution in [0.4, 0.5) is 10.7 Å². The first-order valence-corrected chi connectivity index (χ1v) is 7.97. The molecular formula is C12H18N2O2S2. The Morgan fingerprint density at radius 3 is 2.89 bits per heavy atom. The average molecular weight is 286 g/mol. The largest absolute Gasteiger partial charge is 0.465 e. The number of thiophene rings is 1. The topological polar surface area (TPSA) is 64.3 Å². The van der Waals surface area contributed by atoms with Crippen molar-refractivity contribution in [3.63, 3.8) is 0 Å². The maximum atomic E-state index is 11.6. The lowest BCUT2D eigenvalue weighted by Gasteiger charge is -2.04. The monoisotopic (exact) mass is 286 g/mol. The number of nitrogens with one attached hydrogen (secondary N) is 1. The van der Waals surface area contributed by atoms with E-state index in [2.05, 4.69) is 12.2 Å². The lowest BCUT2D eigenvalue weighted by molar-refractivity contribution is 0.0607. The number of hydrogen-bond donors (Lipinski definition) is 2. The van der Waals surface area contributed by atoms with Crippen LogP contribution in [-0.4, -0.2) is 25.4 Å². The van der Waals surface area contributed by atoms with E-state index in [1.165, 1.54) is 31.3 Å². The lowest BCUT2D eigenvalue weighted by atomic mass is 10.3. The van der Waals surface area contributed by atoms with Gasteiger partial charge in [0.25, 0.3) is 0 Å². The number of methoxy groups -OCH3 is 1. The Balaban J connectivity index is 2.21. The predicted octanol–water partition coefficient (Wildman–Crippen LogP) is 3.05. The molecule has 6 heteroatoms. The minimum atomic E-state index is -0.358. The number of hydrogen-bond acceptors (Lipinski definition) is 6. The van der Waals surface area contributed by atoms with E-state index in [1.54, 1.807) is 11.8 Å². The number of carbonyl (C=O) groups is 1. The molecule has 1 aliphatic carbocycles. The highest BCUT2D eigenvalue weighted by Gasteiger charge is 2.36. The Morgan fingerprint density at radius 1 is 1.67 bits per heavy atom. The summed E-state index contributed by atoms with van der Waals surface area (Å²) in [6, 6.07) is 0.532. The minimum absolute atomic E-state index is 0.358. The van der Waals surface area contributed by atoms with Crippen molar-refractivity contribution in [3.8, 4) is 0 Å². The highest BCUT2D eigenvalue weighted by molar-refractivity contribution is 7.99. The Morgan fingerprint density at radius 2 is 2.39 bits per heavy atom. The molecule has 0 bridgehead atoms. The summed E-state index contributed by atoms with van der Waals surface area (Å²) in [5.74, 6) is 0.397. The van der Waals surface area contributed by atoms with Crippen molar-refractivity contribution in [3.05, 3.63) is 4.88 Å². The van der Waals surface area contributed by atoms with Crippen LogP contribution in [0.15, 0.2) is 4.90 Å². The van der Waals surface area contributed by atoms with Crippen molar-refractivity contribution in [1.29, 1.82) is 0 Å². The van der Waals surface area contributed by atoms with Gasteiger partial charge in [0, 0.05) is 6.04 Å². The number of rotatable bonds is 5. The molecule has 4 nitrogen and oxygen atoms in total. The molecule has 1 saturated carbocycles. The predicted molar refractivity (Wildman–Crippen MR) is 77.7 cm³/mol. The van der Waals surface area contributed by atoms with Gasteiger partial charge in [0.1, 0.15) is 9.88 Å². The second-order valence-electron chi connectivity index (χ2n) is 4.35. The first-order chi connectivity index (χ1) is 8.62. The number of nitrogens with two attached hydrogens (primary N) is 1. The Bertz CT molecular complexity index is 459. The van der Waals surface area contributed by atoms with E-state index in [0.717, 1.165) is 15.8 Å². The van der Waals surface area contributed by atoms with Gasteiger partial charge in [0.05, 0.1) is 17.7 Å². The molecule has 1 aromatic rings. The standard InChI is InChI=1S/C12H18N2O2S2/c1-4-6-5-7(6)14-11-9(17-3)8(13)10(18-11)12(15)16-2/h6-7,14H,4-5,13H2,1-3H3. The summed E-state index contributed by atoms with van der Waals surface area (Å²) in [6.07, 6.45) is 4.36. The third-order valence-corrected chi connectivity index (χ3v) is 5.32. The maximum absolute atomic E-state index is 11.6. The number of anilines is 2. The van der Waals surface area contributed by atoms with Crippen molar-refractivity contribution in [2.45, 2.75) is 30.7 Å². The summed E-state index contributed by atoms with van der Waals surface area (Å²) < 4.78 is 4.75. The van der Waals surface area contributed by atoms with Gasteiger partial charge in [-0.15, -0.1) is 23.1 Å². The third kappa shape index (κ3) is 2.44. The van der Waals surface area contributed by atoms with E-state index < -0.39 is 0 Å². The first-order valence-electron chi connectivity index (χ1n) is 5.93. The van der Waals surface area contributed by atoms with Gasteiger partial charge in [0.15, 0.2) is 0 Å². The highest BCUT2D eigenvalue weighted by atomic mass is 32.2. The number of thioether (sulfide) groups is 1. The zero-order valence-corrected chi connectivity index (χ0v) is 12.4. The van der Waals surface area contributed by atoms with Gasteiger partial charge >= 0.3 is 5.97 Å². The van der Waals surface area contributed by atoms with E-state index in [1.807, 2.05) is 6.26 Å². The quantitative estimate of drug-likeness (QED) is 0.643. The molecule has 0 aliphatic heterocycles. The van der Waals surface area contributed by atoms with Crippen LogP contribution in [-0.2, 0) is 4.74 Å². The SMILES string of the molecule is CCC1CC1Nc1sc(C(=O)OC)c(N)c1SC. The zero-order valence-electron chi connectivity index (χ0n) is 10.8. The van der Waals surface area contributed by atoms with Crippen molar-refractivity contribution in [1.82, 2.24) is 0 Å². The molecule has 0 aromatic carbocycles. The number of carbonyl (C=O) groups excluding carboxylic acids is 1. The molecule has 1 fully saturated rings. The molecule has 3 N–H and O–H groups in total. The molecule has 0 amide bonds. The number of esters is 1. The van der Waals surface area contributed by atoms with Crippen LogP contribution in [0.25, 0.3) is 0 Å². The molecule has 1 heterocycles. The Labute approximate surface area is 115 Å². The summed E-state index contributed by atoms with van der Waals surface area (Å²) in [7, 11) is 1.38. The number of nitrogen functional groups attached to an aromatic ring is 1. The normalized spacial score (nSPS) is 21.7. The average Bonchev–Trinajstić information content (AvgIpc) is 3.05. The van der Waals surface area contributed by atoms with E-state index in [-0.39, 0.29) is 5.97 Å². The molecule has 0 spiro atoms. The van der Waals surface area contributed by atoms with Crippen molar-refractivity contribution >= 4 is 39.8 Å². The van der Waals surface area contributed by atoms with Gasteiger partial charge < -0.3 is 15.8 Å². The van der Waals surface area contributed by atoms with Crippen molar-refractivity contribution < 1.29 is 9.53 Å². The summed E-state index contributed by atoms with van der Waals surface area (Å²) in [4.78, 5) is 13.1. The Kier molecular flexibility index (Phi) is 4.07. The highest BCUT2D eigenvalue weighted by Crippen LogP contribution is 2.45. The molecule has 0 saturated heterocycles. The molecule has 2 rings (SSSR count). The van der Waals surface area contributed by atoms with Crippen molar-refractivity contribution in [2.75, 3.05) is 24.4 Å². The molecule has 0 radical (unpaired) electrons. The summed E-state index contributed by atoms with van der Waals surface area (Å²) >= 11 is 2.96. The van der Waals surface area contributed by atoms with E-state index in [9.17, 15) is 4.79 Å². The summed E-state index contributed by atoms with van der Waals surface area (Å²) in [6.45, 7) is 2.20. The molecule has 100 valence electrons. The van der Waals surface area contributed by atoms with Crippen molar-refractivity contribution in [2.24, 2.45) is 5.92 Å². The first kappa shape index (κ1) is 13.5. The molecule has 18 heavy (non-hydrogen) atoms. The van der Waals surface area contributed by atoms with Crippen LogP contribution in [0.2, 0.25) is 0 Å². The fourth-order valence-electron chi connectivity index (χ4n) is 2.01. The second-order valence-corrected chi connectivity index (χ2v) is 6.19. The molecular weight excluding hydrogens is 268 g/mol. The lowest BCUT2D eigenvalue weighted by Crippen LogP contribution is -2.03. The summed E-state index contributed by atoms with van der Waals surface area (Å²) in [5, 5.41) is 4.49. The minimum Gasteiger partial charge on any atom is -0.465 e. The van der Waals surface area contributed by atoms with Gasteiger partial charge in [-0.3, -0.25) is 0 Å². The zero-order chi connectivity index (χ0) is 13.3. The van der Waals surface area contributed by atoms with Crippen LogP contribution in [0.5, 0.6) is 0 Å². The van der Waals surface area contributed by atoms with Gasteiger partial charge in [0.2, 0.25) is 0 Å². The van der Waals surface area contributed by atoms with Gasteiger partial charge in [-0.2, -0.15) is 0 Å². The van der Waals surface area contributed by atoms with Crippen LogP contribution < -0.4 is 11.1 Å². The van der Waals surface area contributed by atoms with E-state index >= 15 is 0 Å². The summed E-state index contributed by atoms with van der Waals surface area (Å²) in [5.41, 5.74) is 6.54.